The molecule has 7 heteroatoms. The summed E-state index contributed by atoms with van der Waals surface area (Å²) in [4.78, 5) is 12.7. The minimum absolute atomic E-state index is 0. The first-order valence-corrected chi connectivity index (χ1v) is 8.57. The first kappa shape index (κ1) is 19.9. The van der Waals surface area contributed by atoms with Crippen LogP contribution in [-0.2, 0) is 0 Å². The monoisotopic (exact) mass is 400 g/mol. The van der Waals surface area contributed by atoms with E-state index in [1.807, 2.05) is 12.1 Å². The molecule has 3 rings (SSSR count). The van der Waals surface area contributed by atoms with Gasteiger partial charge in [-0.05, 0) is 43.0 Å². The van der Waals surface area contributed by atoms with Crippen LogP contribution < -0.4 is 15.8 Å². The van der Waals surface area contributed by atoms with E-state index in [4.69, 9.17) is 33.7 Å². The van der Waals surface area contributed by atoms with Crippen molar-refractivity contribution in [3.63, 3.8) is 0 Å². The van der Waals surface area contributed by atoms with Crippen LogP contribution in [0.4, 0.5) is 0 Å². The van der Waals surface area contributed by atoms with Gasteiger partial charge in [0, 0.05) is 12.6 Å². The fourth-order valence-electron chi connectivity index (χ4n) is 2.56. The van der Waals surface area contributed by atoms with Gasteiger partial charge in [-0.25, -0.2) is 0 Å². The summed E-state index contributed by atoms with van der Waals surface area (Å²) < 4.78 is 5.83. The van der Waals surface area contributed by atoms with Crippen molar-refractivity contribution in [1.82, 2.24) is 5.32 Å². The van der Waals surface area contributed by atoms with Gasteiger partial charge in [-0.2, -0.15) is 0 Å². The highest BCUT2D eigenvalue weighted by Gasteiger charge is 2.32. The summed E-state index contributed by atoms with van der Waals surface area (Å²) in [5, 5.41) is 3.75. The molecule has 1 aliphatic rings. The van der Waals surface area contributed by atoms with Crippen molar-refractivity contribution in [2.45, 2.75) is 18.9 Å². The van der Waals surface area contributed by atoms with Crippen LogP contribution in [0.5, 0.6) is 11.5 Å². The van der Waals surface area contributed by atoms with Crippen molar-refractivity contribution < 1.29 is 9.53 Å². The van der Waals surface area contributed by atoms with Gasteiger partial charge in [0.1, 0.15) is 17.1 Å². The molecule has 2 aromatic carbocycles. The largest absolute Gasteiger partial charge is 0.455 e. The van der Waals surface area contributed by atoms with E-state index in [9.17, 15) is 4.79 Å². The van der Waals surface area contributed by atoms with Gasteiger partial charge in [0.05, 0.1) is 10.0 Å². The third kappa shape index (κ3) is 4.79. The number of carbonyl (C=O) groups is 1. The minimum atomic E-state index is -0.287. The third-order valence-electron chi connectivity index (χ3n) is 4.02. The second-order valence-electron chi connectivity index (χ2n) is 5.80. The number of carbonyl (C=O) groups excluding carboxylic acids is 1. The molecule has 134 valence electrons. The molecule has 1 saturated carbocycles. The van der Waals surface area contributed by atoms with Gasteiger partial charge < -0.3 is 15.8 Å². The van der Waals surface area contributed by atoms with Crippen LogP contribution in [-0.4, -0.2) is 18.5 Å². The molecule has 25 heavy (non-hydrogen) atoms. The van der Waals surface area contributed by atoms with Crippen LogP contribution in [0.25, 0.3) is 0 Å². The van der Waals surface area contributed by atoms with E-state index >= 15 is 0 Å². The van der Waals surface area contributed by atoms with Crippen molar-refractivity contribution in [2.24, 2.45) is 11.7 Å². The predicted molar refractivity (Wildman–Crippen MR) is 103 cm³/mol. The van der Waals surface area contributed by atoms with Gasteiger partial charge in [0.25, 0.3) is 5.91 Å². The summed E-state index contributed by atoms with van der Waals surface area (Å²) >= 11 is 12.4. The van der Waals surface area contributed by atoms with E-state index in [1.165, 1.54) is 0 Å². The highest BCUT2D eigenvalue weighted by atomic mass is 35.5. The van der Waals surface area contributed by atoms with Crippen LogP contribution in [0.15, 0.2) is 42.5 Å². The molecule has 1 amide bonds. The summed E-state index contributed by atoms with van der Waals surface area (Å²) in [6.07, 6.45) is 2.18. The van der Waals surface area contributed by atoms with Gasteiger partial charge in [-0.3, -0.25) is 4.79 Å². The van der Waals surface area contributed by atoms with Crippen LogP contribution in [0, 0.1) is 5.92 Å². The van der Waals surface area contributed by atoms with Crippen LogP contribution in [0.1, 0.15) is 23.2 Å². The quantitative estimate of drug-likeness (QED) is 0.739. The molecular formula is C18H19Cl3N2O2. The fourth-order valence-corrected chi connectivity index (χ4v) is 2.99. The number of amides is 1. The maximum absolute atomic E-state index is 12.7. The molecule has 0 aliphatic heterocycles. The highest BCUT2D eigenvalue weighted by molar-refractivity contribution is 6.34. The second kappa shape index (κ2) is 8.77. The fraction of sp³-hybridized carbons (Fsp3) is 0.278. The lowest BCUT2D eigenvalue weighted by Gasteiger charge is -2.18. The molecule has 3 N–H and O–H groups in total. The third-order valence-corrected chi connectivity index (χ3v) is 4.65. The molecule has 2 aromatic rings. The second-order valence-corrected chi connectivity index (χ2v) is 6.61. The Balaban J connectivity index is 0.00000225. The first-order chi connectivity index (χ1) is 11.6. The zero-order valence-corrected chi connectivity index (χ0v) is 15.7. The predicted octanol–water partition coefficient (Wildman–Crippen LogP) is 4.67. The van der Waals surface area contributed by atoms with Crippen LogP contribution >= 0.6 is 35.6 Å². The standard InChI is InChI=1S/C18H18Cl2N2O2.ClH/c19-12-4-1-2-6-15(12)24-16-7-3-5-13(20)17(16)18(23)22-14(10-21)11-8-9-11;/h1-7,11,14H,8-10,21H2,(H,22,23);1H. The Kier molecular flexibility index (Phi) is 6.96. The lowest BCUT2D eigenvalue weighted by molar-refractivity contribution is 0.0931. The number of hydrogen-bond donors (Lipinski definition) is 2. The smallest absolute Gasteiger partial charge is 0.256 e. The summed E-state index contributed by atoms with van der Waals surface area (Å²) in [6.45, 7) is 0.404. The normalized spacial score (nSPS) is 14.4. The van der Waals surface area contributed by atoms with Crippen molar-refractivity contribution in [3.05, 3.63) is 58.1 Å². The average Bonchev–Trinajstić information content (AvgIpc) is 3.39. The van der Waals surface area contributed by atoms with Crippen molar-refractivity contribution in [2.75, 3.05) is 6.54 Å². The zero-order chi connectivity index (χ0) is 17.1. The van der Waals surface area contributed by atoms with Crippen LogP contribution in [0.3, 0.4) is 0 Å². The number of nitrogens with two attached hydrogens (primary N) is 1. The summed E-state index contributed by atoms with van der Waals surface area (Å²) in [5.41, 5.74) is 6.05. The van der Waals surface area contributed by atoms with E-state index in [0.29, 0.717) is 34.0 Å². The lowest BCUT2D eigenvalue weighted by atomic mass is 10.1. The van der Waals surface area contributed by atoms with E-state index in [2.05, 4.69) is 5.32 Å². The Labute approximate surface area is 163 Å². The van der Waals surface area contributed by atoms with Gasteiger partial charge >= 0.3 is 0 Å². The number of halogens is 3. The molecule has 0 aromatic heterocycles. The summed E-state index contributed by atoms with van der Waals surface area (Å²) in [5.74, 6) is 0.993. The van der Waals surface area contributed by atoms with Gasteiger partial charge in [-0.1, -0.05) is 41.4 Å². The van der Waals surface area contributed by atoms with E-state index < -0.39 is 0 Å². The Morgan fingerprint density at radius 1 is 1.12 bits per heavy atom. The molecule has 0 spiro atoms. The average molecular weight is 402 g/mol. The number of ether oxygens (including phenoxy) is 1. The number of para-hydroxylation sites is 1. The van der Waals surface area contributed by atoms with Gasteiger partial charge in [-0.15, -0.1) is 12.4 Å². The molecule has 1 unspecified atom stereocenters. The maximum atomic E-state index is 12.7. The molecule has 0 radical (unpaired) electrons. The lowest BCUT2D eigenvalue weighted by Crippen LogP contribution is -2.41. The zero-order valence-electron chi connectivity index (χ0n) is 13.4. The van der Waals surface area contributed by atoms with Crippen LogP contribution in [0.2, 0.25) is 10.0 Å². The molecule has 1 atom stereocenters. The number of hydrogen-bond acceptors (Lipinski definition) is 3. The van der Waals surface area contributed by atoms with E-state index in [-0.39, 0.29) is 29.9 Å². The van der Waals surface area contributed by atoms with Gasteiger partial charge in [0.2, 0.25) is 0 Å². The molecule has 0 bridgehead atoms. The molecule has 1 aliphatic carbocycles. The topological polar surface area (TPSA) is 64.3 Å². The molecule has 4 nitrogen and oxygen atoms in total. The molecule has 0 saturated heterocycles. The summed E-state index contributed by atoms with van der Waals surface area (Å²) in [7, 11) is 0. The van der Waals surface area contributed by atoms with E-state index in [1.54, 1.807) is 30.3 Å². The molecule has 1 fully saturated rings. The highest BCUT2D eigenvalue weighted by Crippen LogP contribution is 2.35. The Morgan fingerprint density at radius 2 is 1.76 bits per heavy atom. The van der Waals surface area contributed by atoms with Crippen molar-refractivity contribution in [1.29, 1.82) is 0 Å². The maximum Gasteiger partial charge on any atom is 0.256 e. The molecular weight excluding hydrogens is 383 g/mol. The Bertz CT molecular complexity index is 751. The Hall–Kier alpha value is -1.46. The number of nitrogens with one attached hydrogen (secondary N) is 1. The SMILES string of the molecule is Cl.NCC(NC(=O)c1c(Cl)cccc1Oc1ccccc1Cl)C1CC1. The van der Waals surface area contributed by atoms with E-state index in [0.717, 1.165) is 12.8 Å². The van der Waals surface area contributed by atoms with Gasteiger partial charge in [0.15, 0.2) is 0 Å². The summed E-state index contributed by atoms with van der Waals surface area (Å²) in [6, 6.07) is 12.1. The Morgan fingerprint density at radius 3 is 2.40 bits per heavy atom. The van der Waals surface area contributed by atoms with Crippen molar-refractivity contribution >= 4 is 41.5 Å². The number of rotatable bonds is 6. The van der Waals surface area contributed by atoms with Crippen molar-refractivity contribution in [3.8, 4) is 11.5 Å². The number of benzene rings is 2. The minimum Gasteiger partial charge on any atom is -0.455 e. The first-order valence-electron chi connectivity index (χ1n) is 7.82. The molecule has 0 heterocycles.